The minimum atomic E-state index is -1.07. The number of aliphatic hydroxyl groups is 1. The summed E-state index contributed by atoms with van der Waals surface area (Å²) in [5.41, 5.74) is -1.60. The largest absolute Gasteiger partial charge is 0.444 e. The van der Waals surface area contributed by atoms with Gasteiger partial charge in [-0.05, 0) is 20.8 Å². The van der Waals surface area contributed by atoms with Gasteiger partial charge in [-0.3, -0.25) is 0 Å². The molecule has 0 aliphatic heterocycles. The van der Waals surface area contributed by atoms with E-state index in [0.717, 1.165) is 0 Å². The molecule has 0 aromatic carbocycles. The van der Waals surface area contributed by atoms with Crippen LogP contribution < -0.4 is 5.32 Å². The number of ether oxygens (including phenoxy) is 1. The number of hydrogen-bond donors (Lipinski definition) is 2. The number of carbonyl (C=O) groups excluding carboxylic acids is 1. The number of nitrogens with one attached hydrogen (secondary N) is 1. The van der Waals surface area contributed by atoms with Crippen molar-refractivity contribution in [2.75, 3.05) is 6.54 Å². The van der Waals surface area contributed by atoms with Crippen molar-refractivity contribution in [2.45, 2.75) is 31.9 Å². The first-order valence-corrected chi connectivity index (χ1v) is 4.04. The van der Waals surface area contributed by atoms with E-state index in [2.05, 4.69) is 5.32 Å². The predicted octanol–water partition coefficient (Wildman–Crippen LogP) is 1.07. The van der Waals surface area contributed by atoms with Crippen LogP contribution in [0, 0.1) is 0 Å². The van der Waals surface area contributed by atoms with Crippen LogP contribution in [0.2, 0.25) is 0 Å². The van der Waals surface area contributed by atoms with Gasteiger partial charge in [-0.2, -0.15) is 0 Å². The number of carbonyl (C=O) groups is 1. The Kier molecular flexibility index (Phi) is 4.34. The van der Waals surface area contributed by atoms with Gasteiger partial charge < -0.3 is 15.2 Å². The summed E-state index contributed by atoms with van der Waals surface area (Å²) in [5, 5.41) is 10.9. The third kappa shape index (κ3) is 7.63. The minimum absolute atomic E-state index is 0.0174. The summed E-state index contributed by atoms with van der Waals surface area (Å²) in [5.74, 6) is 0. The molecular formula is C7H14ClNO3. The summed E-state index contributed by atoms with van der Waals surface area (Å²) >= 11 is 5.18. The Morgan fingerprint density at radius 1 is 1.67 bits per heavy atom. The highest BCUT2D eigenvalue weighted by Crippen LogP contribution is 2.06. The first-order chi connectivity index (χ1) is 5.31. The van der Waals surface area contributed by atoms with Gasteiger partial charge >= 0.3 is 6.09 Å². The van der Waals surface area contributed by atoms with Crippen LogP contribution in [0.25, 0.3) is 0 Å². The van der Waals surface area contributed by atoms with E-state index >= 15 is 0 Å². The van der Waals surface area contributed by atoms with Crippen LogP contribution in [-0.4, -0.2) is 28.9 Å². The highest BCUT2D eigenvalue weighted by molar-refractivity contribution is 6.19. The molecule has 0 bridgehead atoms. The van der Waals surface area contributed by atoms with E-state index in [1.165, 1.54) is 0 Å². The molecule has 4 nitrogen and oxygen atoms in total. The molecule has 0 unspecified atom stereocenters. The number of aliphatic hydroxyl groups excluding tert-OH is 1. The average molecular weight is 196 g/mol. The fourth-order valence-electron chi connectivity index (χ4n) is 0.482. The lowest BCUT2D eigenvalue weighted by atomic mass is 10.2. The molecule has 0 aliphatic carbocycles. The van der Waals surface area contributed by atoms with Crippen LogP contribution in [0.4, 0.5) is 4.79 Å². The maximum Gasteiger partial charge on any atom is 0.407 e. The van der Waals surface area contributed by atoms with Gasteiger partial charge in [-0.15, -0.1) is 0 Å². The summed E-state index contributed by atoms with van der Waals surface area (Å²) in [6.45, 7) is 5.24. The summed E-state index contributed by atoms with van der Waals surface area (Å²) in [7, 11) is 0. The molecule has 72 valence electrons. The monoisotopic (exact) mass is 195 g/mol. The number of amides is 1. The van der Waals surface area contributed by atoms with Crippen molar-refractivity contribution < 1.29 is 14.6 Å². The summed E-state index contributed by atoms with van der Waals surface area (Å²) < 4.78 is 4.87. The molecule has 0 aromatic rings. The van der Waals surface area contributed by atoms with Crippen molar-refractivity contribution in [2.24, 2.45) is 0 Å². The molecular weight excluding hydrogens is 182 g/mol. The molecule has 0 fully saturated rings. The summed E-state index contributed by atoms with van der Waals surface area (Å²) in [6, 6.07) is 0. The number of alkyl halides is 1. The van der Waals surface area contributed by atoms with E-state index in [0.29, 0.717) is 0 Å². The molecule has 5 heteroatoms. The molecule has 0 radical (unpaired) electrons. The second-order valence-electron chi connectivity index (χ2n) is 3.32. The maximum absolute atomic E-state index is 10.9. The van der Waals surface area contributed by atoms with Gasteiger partial charge in [0, 0.05) is 0 Å². The third-order valence-corrected chi connectivity index (χ3v) is 0.968. The fraction of sp³-hybridized carbons (Fsp3) is 0.857. The lowest BCUT2D eigenvalue weighted by Gasteiger charge is -2.19. The van der Waals surface area contributed by atoms with Gasteiger partial charge in [0.2, 0.25) is 0 Å². The molecule has 0 heterocycles. The Hall–Kier alpha value is -0.480. The molecule has 0 aromatic heterocycles. The van der Waals surface area contributed by atoms with Crippen molar-refractivity contribution in [1.82, 2.24) is 5.32 Å². The first kappa shape index (κ1) is 11.5. The molecule has 1 amide bonds. The van der Waals surface area contributed by atoms with Crippen LogP contribution in [0.5, 0.6) is 0 Å². The molecule has 2 N–H and O–H groups in total. The third-order valence-electron chi connectivity index (χ3n) is 0.814. The van der Waals surface area contributed by atoms with Crippen LogP contribution in [0.3, 0.4) is 0 Å². The fourth-order valence-corrected chi connectivity index (χ4v) is 0.559. The Balaban J connectivity index is 3.61. The smallest absolute Gasteiger partial charge is 0.407 e. The Morgan fingerprint density at radius 3 is 2.50 bits per heavy atom. The second-order valence-corrected chi connectivity index (χ2v) is 3.82. The normalized spacial score (nSPS) is 13.8. The summed E-state index contributed by atoms with van der Waals surface area (Å²) in [4.78, 5) is 10.9. The van der Waals surface area contributed by atoms with E-state index in [-0.39, 0.29) is 6.54 Å². The molecule has 0 rings (SSSR count). The van der Waals surface area contributed by atoms with Gasteiger partial charge in [-0.25, -0.2) is 4.79 Å². The van der Waals surface area contributed by atoms with E-state index in [9.17, 15) is 4.79 Å². The van der Waals surface area contributed by atoms with Gasteiger partial charge in [0.1, 0.15) is 11.2 Å². The average Bonchev–Trinajstić information content (AvgIpc) is 1.79. The van der Waals surface area contributed by atoms with Gasteiger partial charge in [0.15, 0.2) is 0 Å². The highest BCUT2D eigenvalue weighted by atomic mass is 35.5. The van der Waals surface area contributed by atoms with Gasteiger partial charge in [-0.1, -0.05) is 11.6 Å². The molecule has 0 saturated heterocycles. The molecule has 1 atom stereocenters. The molecule has 0 spiro atoms. The van der Waals surface area contributed by atoms with Crippen molar-refractivity contribution in [3.05, 3.63) is 0 Å². The minimum Gasteiger partial charge on any atom is -0.444 e. The number of rotatable bonds is 2. The molecule has 0 aliphatic rings. The van der Waals surface area contributed by atoms with E-state index in [4.69, 9.17) is 21.4 Å². The van der Waals surface area contributed by atoms with Gasteiger partial charge in [0.25, 0.3) is 0 Å². The SMILES string of the molecule is CC(C)(C)OC(=O)NC[C@@H](O)Cl. The zero-order valence-electron chi connectivity index (χ0n) is 7.43. The number of alkyl carbamates (subject to hydrolysis) is 1. The molecule has 0 saturated carbocycles. The Morgan fingerprint density at radius 2 is 2.17 bits per heavy atom. The second kappa shape index (κ2) is 4.52. The number of halogens is 1. The first-order valence-electron chi connectivity index (χ1n) is 3.60. The van der Waals surface area contributed by atoms with Crippen molar-refractivity contribution >= 4 is 17.7 Å². The van der Waals surface area contributed by atoms with Crippen molar-refractivity contribution in [1.29, 1.82) is 0 Å². The Labute approximate surface area is 76.9 Å². The van der Waals surface area contributed by atoms with Crippen molar-refractivity contribution in [3.63, 3.8) is 0 Å². The van der Waals surface area contributed by atoms with Crippen LogP contribution in [-0.2, 0) is 4.74 Å². The standard InChI is InChI=1S/C7H14ClNO3/c1-7(2,3)12-6(11)9-4-5(8)10/h5,10H,4H2,1-3H3,(H,9,11)/t5-/m1/s1. The lowest BCUT2D eigenvalue weighted by Crippen LogP contribution is -2.35. The van der Waals surface area contributed by atoms with E-state index < -0.39 is 17.3 Å². The lowest BCUT2D eigenvalue weighted by molar-refractivity contribution is 0.0511. The van der Waals surface area contributed by atoms with Crippen LogP contribution in [0.15, 0.2) is 0 Å². The van der Waals surface area contributed by atoms with Crippen LogP contribution >= 0.6 is 11.6 Å². The topological polar surface area (TPSA) is 58.6 Å². The Bertz CT molecular complexity index is 153. The van der Waals surface area contributed by atoms with E-state index in [1.807, 2.05) is 0 Å². The zero-order valence-corrected chi connectivity index (χ0v) is 8.18. The number of hydrogen-bond acceptors (Lipinski definition) is 3. The molecule has 12 heavy (non-hydrogen) atoms. The highest BCUT2D eigenvalue weighted by Gasteiger charge is 2.15. The quantitative estimate of drug-likeness (QED) is 0.648. The van der Waals surface area contributed by atoms with Gasteiger partial charge in [0.05, 0.1) is 6.54 Å². The predicted molar refractivity (Wildman–Crippen MR) is 46.1 cm³/mol. The van der Waals surface area contributed by atoms with E-state index in [1.54, 1.807) is 20.8 Å². The van der Waals surface area contributed by atoms with Crippen LogP contribution in [0.1, 0.15) is 20.8 Å². The maximum atomic E-state index is 10.9. The van der Waals surface area contributed by atoms with Crippen molar-refractivity contribution in [3.8, 4) is 0 Å². The zero-order chi connectivity index (χ0) is 9.78. The summed E-state index contributed by atoms with van der Waals surface area (Å²) in [6.07, 6.45) is -0.581.